The predicted molar refractivity (Wildman–Crippen MR) is 237 cm³/mol. The zero-order valence-electron chi connectivity index (χ0n) is 37.3. The number of amides is 4. The standard InChI is InChI=1S/C49H54F2N8O6/c1-24(2)39(56-46(62)64-5)44(60)58-23-48(15-16-48)21-38(58)42-52-22-37(55-42)28-9-13-32-31-12-8-26(18-33(31)49(50,51)34(32)19-28)27-10-14-35-36(20-27)54-43(53-35)41-29-7-11-30(17-29)59(41)45(61)40(25(3)4)57-47(63)65-6/h8-10,12-14,18-20,22,24-25,29-30,38-41H,7,11,15-17,21,23H2,1-6H3,(H,52,55)(H,53,54)(H,56,62)(H,57,63)/t29?,30-,38+,39+,40+,41+/m1/s1. The summed E-state index contributed by atoms with van der Waals surface area (Å²) in [7, 11) is 2.54. The molecule has 2 saturated heterocycles. The number of methoxy groups -OCH3 is 2. The molecular weight excluding hydrogens is 835 g/mol. The molecule has 4 fully saturated rings. The third kappa shape index (κ3) is 7.19. The summed E-state index contributed by atoms with van der Waals surface area (Å²) in [4.78, 5) is 72.6. The number of halogens is 2. The number of likely N-dealkylation sites (tertiary alicyclic amines) is 2. The lowest BCUT2D eigenvalue weighted by Crippen LogP contribution is -2.54. The third-order valence-corrected chi connectivity index (χ3v) is 14.7. The monoisotopic (exact) mass is 888 g/mol. The normalized spacial score (nSPS) is 22.9. The minimum atomic E-state index is -3.29. The first-order valence-electron chi connectivity index (χ1n) is 22.6. The van der Waals surface area contributed by atoms with Gasteiger partial charge in [0.25, 0.3) is 5.92 Å². The molecule has 1 spiro atoms. The number of ether oxygens (including phenoxy) is 2. The Morgan fingerprint density at radius 1 is 0.785 bits per heavy atom. The molecule has 340 valence electrons. The van der Waals surface area contributed by atoms with Gasteiger partial charge in [-0.2, -0.15) is 8.78 Å². The van der Waals surface area contributed by atoms with Crippen LogP contribution in [0.5, 0.6) is 0 Å². The molecule has 2 bridgehead atoms. The number of rotatable bonds is 10. The smallest absolute Gasteiger partial charge is 0.407 e. The van der Waals surface area contributed by atoms with E-state index in [1.165, 1.54) is 20.3 Å². The number of nitrogens with one attached hydrogen (secondary N) is 4. The number of nitrogens with zero attached hydrogens (tertiary/aromatic N) is 4. The van der Waals surface area contributed by atoms with Crippen LogP contribution in [0.3, 0.4) is 0 Å². The fraction of sp³-hybridized carbons (Fsp3) is 0.469. The number of H-pyrrole nitrogens is 2. The molecule has 4 heterocycles. The van der Waals surface area contributed by atoms with Crippen LogP contribution in [0.15, 0.2) is 60.8 Å². The molecule has 65 heavy (non-hydrogen) atoms. The van der Waals surface area contributed by atoms with Gasteiger partial charge in [-0.3, -0.25) is 9.59 Å². The summed E-state index contributed by atoms with van der Waals surface area (Å²) in [5.74, 6) is -2.53. The SMILES string of the molecule is COC(=O)N[C@H](C(=O)N1CC2(CC2)C[C@H]1c1ncc(-c2ccc3c(c2)C(F)(F)c2cc(-c4ccc5nc([C@@H]6C7CC[C@H](C7)N6C(=O)[C@@H](NC(=O)OC)C(C)C)[nH]c5c4)ccc2-3)[nH]1)C(C)C. The van der Waals surface area contributed by atoms with E-state index in [9.17, 15) is 19.2 Å². The Kier molecular flexibility index (Phi) is 10.3. The van der Waals surface area contributed by atoms with Crippen LogP contribution >= 0.6 is 0 Å². The number of hydrogen-bond acceptors (Lipinski definition) is 8. The lowest BCUT2D eigenvalue weighted by Gasteiger charge is -2.37. The fourth-order valence-electron chi connectivity index (χ4n) is 11.0. The van der Waals surface area contributed by atoms with E-state index in [0.717, 1.165) is 49.6 Å². The van der Waals surface area contributed by atoms with Crippen molar-refractivity contribution in [3.8, 4) is 33.5 Å². The van der Waals surface area contributed by atoms with Gasteiger partial charge < -0.3 is 39.9 Å². The van der Waals surface area contributed by atoms with Crippen LogP contribution < -0.4 is 10.6 Å². The summed E-state index contributed by atoms with van der Waals surface area (Å²) in [5, 5.41) is 5.43. The van der Waals surface area contributed by atoms with Crippen molar-refractivity contribution in [1.82, 2.24) is 40.4 Å². The first-order valence-corrected chi connectivity index (χ1v) is 22.6. The van der Waals surface area contributed by atoms with E-state index >= 15 is 8.78 Å². The van der Waals surface area contributed by atoms with Gasteiger partial charge in [0.05, 0.1) is 49.2 Å². The molecule has 14 nitrogen and oxygen atoms in total. The molecule has 4 amide bonds. The topological polar surface area (TPSA) is 175 Å². The molecule has 1 unspecified atom stereocenters. The molecule has 3 aromatic carbocycles. The van der Waals surface area contributed by atoms with Gasteiger partial charge in [0.2, 0.25) is 11.8 Å². The Morgan fingerprint density at radius 2 is 1.40 bits per heavy atom. The van der Waals surface area contributed by atoms with Crippen LogP contribution in [-0.4, -0.2) is 92.6 Å². The molecule has 6 atom stereocenters. The summed E-state index contributed by atoms with van der Waals surface area (Å²) in [6, 6.07) is 13.8. The van der Waals surface area contributed by atoms with E-state index < -0.39 is 30.2 Å². The van der Waals surface area contributed by atoms with E-state index in [1.54, 1.807) is 29.3 Å². The zero-order valence-corrected chi connectivity index (χ0v) is 37.3. The molecule has 2 saturated carbocycles. The van der Waals surface area contributed by atoms with Crippen molar-refractivity contribution in [2.24, 2.45) is 23.2 Å². The van der Waals surface area contributed by atoms with Gasteiger partial charge in [-0.25, -0.2) is 19.6 Å². The van der Waals surface area contributed by atoms with Crippen LogP contribution in [-0.2, 0) is 25.0 Å². The first kappa shape index (κ1) is 42.6. The average molecular weight is 889 g/mol. The van der Waals surface area contributed by atoms with Crippen LogP contribution in [0.4, 0.5) is 18.4 Å². The van der Waals surface area contributed by atoms with Crippen LogP contribution in [0.25, 0.3) is 44.5 Å². The summed E-state index contributed by atoms with van der Waals surface area (Å²) >= 11 is 0. The highest BCUT2D eigenvalue weighted by Gasteiger charge is 2.56. The van der Waals surface area contributed by atoms with E-state index in [-0.39, 0.29) is 64.2 Å². The largest absolute Gasteiger partial charge is 0.453 e. The number of aromatic amines is 2. The van der Waals surface area contributed by atoms with E-state index in [0.29, 0.717) is 51.7 Å². The van der Waals surface area contributed by atoms with Gasteiger partial charge in [-0.05, 0) is 108 Å². The summed E-state index contributed by atoms with van der Waals surface area (Å²) in [6.45, 7) is 8.09. The maximum atomic E-state index is 16.7. The summed E-state index contributed by atoms with van der Waals surface area (Å²) in [5.41, 5.74) is 4.68. The van der Waals surface area contributed by atoms with Crippen molar-refractivity contribution >= 4 is 35.0 Å². The number of carbonyl (C=O) groups is 4. The maximum absolute atomic E-state index is 16.7. The number of aromatic nitrogens is 4. The van der Waals surface area contributed by atoms with Crippen LogP contribution in [0.1, 0.15) is 101 Å². The molecule has 5 aliphatic rings. The maximum Gasteiger partial charge on any atom is 0.407 e. The Morgan fingerprint density at radius 3 is 2.05 bits per heavy atom. The lowest BCUT2D eigenvalue weighted by molar-refractivity contribution is -0.139. The number of piperidine rings is 1. The Labute approximate surface area is 375 Å². The number of carbonyl (C=O) groups excluding carboxylic acids is 4. The van der Waals surface area contributed by atoms with Crippen LogP contribution in [0, 0.1) is 23.2 Å². The third-order valence-electron chi connectivity index (χ3n) is 14.7. The van der Waals surface area contributed by atoms with Crippen molar-refractivity contribution in [3.05, 3.63) is 83.6 Å². The second kappa shape index (κ2) is 15.7. The van der Waals surface area contributed by atoms with Gasteiger partial charge in [-0.15, -0.1) is 0 Å². The quantitative estimate of drug-likeness (QED) is 0.108. The second-order valence-corrected chi connectivity index (χ2v) is 19.4. The molecule has 10 rings (SSSR count). The lowest BCUT2D eigenvalue weighted by atomic mass is 9.95. The van der Waals surface area contributed by atoms with Gasteiger partial charge in [0.15, 0.2) is 0 Å². The Bertz CT molecular complexity index is 2740. The van der Waals surface area contributed by atoms with Gasteiger partial charge >= 0.3 is 12.2 Å². The predicted octanol–water partition coefficient (Wildman–Crippen LogP) is 8.61. The Balaban J connectivity index is 0.896. The molecule has 5 aromatic rings. The zero-order chi connectivity index (χ0) is 45.7. The van der Waals surface area contributed by atoms with Crippen molar-refractivity contribution in [2.45, 2.75) is 102 Å². The van der Waals surface area contributed by atoms with Gasteiger partial charge in [0.1, 0.15) is 23.7 Å². The average Bonchev–Trinajstić information content (AvgIpc) is 3.95. The van der Waals surface area contributed by atoms with Crippen LogP contribution in [0.2, 0.25) is 0 Å². The molecule has 2 aromatic heterocycles. The van der Waals surface area contributed by atoms with E-state index in [2.05, 4.69) is 20.6 Å². The number of imidazole rings is 2. The molecule has 0 radical (unpaired) electrons. The number of hydrogen-bond donors (Lipinski definition) is 4. The molecule has 16 heteroatoms. The fourth-order valence-corrected chi connectivity index (χ4v) is 11.0. The highest BCUT2D eigenvalue weighted by atomic mass is 19.3. The first-order chi connectivity index (χ1) is 31.1. The van der Waals surface area contributed by atoms with Crippen molar-refractivity contribution in [3.63, 3.8) is 0 Å². The molecule has 4 N–H and O–H groups in total. The highest BCUT2D eigenvalue weighted by molar-refractivity contribution is 5.89. The summed E-state index contributed by atoms with van der Waals surface area (Å²) < 4.78 is 43.0. The number of fused-ring (bicyclic) bond motifs is 6. The van der Waals surface area contributed by atoms with Gasteiger partial charge in [0, 0.05) is 29.3 Å². The van der Waals surface area contributed by atoms with E-state index in [4.69, 9.17) is 19.4 Å². The van der Waals surface area contributed by atoms with Crippen molar-refractivity contribution in [2.75, 3.05) is 20.8 Å². The van der Waals surface area contributed by atoms with E-state index in [1.807, 2.05) is 62.9 Å². The molecular formula is C49H54F2N8O6. The van der Waals surface area contributed by atoms with Gasteiger partial charge in [-0.1, -0.05) is 58.0 Å². The summed E-state index contributed by atoms with van der Waals surface area (Å²) in [6.07, 6.45) is 5.75. The van der Waals surface area contributed by atoms with Crippen molar-refractivity contribution in [1.29, 1.82) is 0 Å². The Hall–Kier alpha value is -6.32. The minimum Gasteiger partial charge on any atom is -0.453 e. The molecule has 2 aliphatic heterocycles. The number of benzene rings is 3. The highest BCUT2D eigenvalue weighted by Crippen LogP contribution is 2.59. The van der Waals surface area contributed by atoms with Crippen molar-refractivity contribution < 1.29 is 37.4 Å². The minimum absolute atomic E-state index is 0.0102. The number of alkyl halides is 2. The second-order valence-electron chi connectivity index (χ2n) is 19.4. The number of alkyl carbamates (subject to hydrolysis) is 2. The molecule has 3 aliphatic carbocycles.